The number of carbonyl (C=O) groups is 1. The number of nitrogens with one attached hydrogen (secondary N) is 1. The van der Waals surface area contributed by atoms with Crippen LogP contribution in [0.25, 0.3) is 0 Å². The van der Waals surface area contributed by atoms with E-state index in [1.54, 1.807) is 16.9 Å². The molecule has 0 unspecified atom stereocenters. The maximum Gasteiger partial charge on any atom is 0.268 e. The Morgan fingerprint density at radius 3 is 3.06 bits per heavy atom. The highest BCUT2D eigenvalue weighted by Gasteiger charge is 2.06. The minimum absolute atomic E-state index is 0.359. The van der Waals surface area contributed by atoms with E-state index in [4.69, 9.17) is 17.4 Å². The molecule has 5 nitrogen and oxygen atoms in total. The van der Waals surface area contributed by atoms with Gasteiger partial charge < -0.3 is 0 Å². The number of nitrogen functional groups attached to an aromatic ring is 1. The standard InChI is InChI=1S/C11H11ClN4O/c12-10-3-1-2-8(4-10)6-16-7-9(5-14-16)11(17)15-13/h1-5,7H,6,13H2,(H,15,17). The van der Waals surface area contributed by atoms with E-state index in [1.807, 2.05) is 18.2 Å². The number of halogens is 1. The number of hydrogen-bond acceptors (Lipinski definition) is 3. The molecule has 0 bridgehead atoms. The van der Waals surface area contributed by atoms with Gasteiger partial charge in [0.15, 0.2) is 0 Å². The van der Waals surface area contributed by atoms with Crippen molar-refractivity contribution in [3.8, 4) is 0 Å². The number of hydrazine groups is 1. The average molecular weight is 251 g/mol. The maximum absolute atomic E-state index is 11.2. The molecular formula is C11H11ClN4O. The number of hydrogen-bond donors (Lipinski definition) is 2. The van der Waals surface area contributed by atoms with Gasteiger partial charge in [0.1, 0.15) is 0 Å². The van der Waals surface area contributed by atoms with Gasteiger partial charge in [-0.25, -0.2) is 5.84 Å². The van der Waals surface area contributed by atoms with Crippen molar-refractivity contribution in [2.24, 2.45) is 5.84 Å². The Labute approximate surface area is 103 Å². The second-order valence-electron chi connectivity index (χ2n) is 3.53. The van der Waals surface area contributed by atoms with E-state index in [1.165, 1.54) is 6.20 Å². The zero-order chi connectivity index (χ0) is 12.3. The molecule has 1 aromatic carbocycles. The third kappa shape index (κ3) is 2.83. The highest BCUT2D eigenvalue weighted by molar-refractivity contribution is 6.30. The van der Waals surface area contributed by atoms with Gasteiger partial charge in [-0.2, -0.15) is 5.10 Å². The van der Waals surface area contributed by atoms with Gasteiger partial charge in [-0.15, -0.1) is 0 Å². The lowest BCUT2D eigenvalue weighted by Crippen LogP contribution is -2.29. The van der Waals surface area contributed by atoms with Crippen molar-refractivity contribution in [2.75, 3.05) is 0 Å². The number of carbonyl (C=O) groups excluding carboxylic acids is 1. The van der Waals surface area contributed by atoms with E-state index in [-0.39, 0.29) is 5.91 Å². The zero-order valence-electron chi connectivity index (χ0n) is 8.93. The second kappa shape index (κ2) is 4.99. The molecule has 2 rings (SSSR count). The molecule has 2 aromatic rings. The van der Waals surface area contributed by atoms with Crippen molar-refractivity contribution < 1.29 is 4.79 Å². The fourth-order valence-corrected chi connectivity index (χ4v) is 1.69. The Balaban J connectivity index is 2.14. The molecular weight excluding hydrogens is 240 g/mol. The SMILES string of the molecule is NNC(=O)c1cnn(Cc2cccc(Cl)c2)c1. The van der Waals surface area contributed by atoms with Crippen LogP contribution in [0, 0.1) is 0 Å². The van der Waals surface area contributed by atoms with Crippen molar-refractivity contribution >= 4 is 17.5 Å². The summed E-state index contributed by atoms with van der Waals surface area (Å²) in [5, 5.41) is 4.74. The molecule has 0 aliphatic rings. The Morgan fingerprint density at radius 2 is 2.35 bits per heavy atom. The summed E-state index contributed by atoms with van der Waals surface area (Å²) < 4.78 is 1.65. The molecule has 1 aromatic heterocycles. The maximum atomic E-state index is 11.2. The van der Waals surface area contributed by atoms with Crippen molar-refractivity contribution in [2.45, 2.75) is 6.54 Å². The van der Waals surface area contributed by atoms with Crippen molar-refractivity contribution in [1.82, 2.24) is 15.2 Å². The number of aromatic nitrogens is 2. The first-order valence-corrected chi connectivity index (χ1v) is 5.34. The Kier molecular flexibility index (Phi) is 3.41. The van der Waals surface area contributed by atoms with E-state index in [9.17, 15) is 4.79 Å². The third-order valence-electron chi connectivity index (χ3n) is 2.26. The molecule has 1 heterocycles. The van der Waals surface area contributed by atoms with Crippen LogP contribution in [0.15, 0.2) is 36.7 Å². The molecule has 1 amide bonds. The molecule has 88 valence electrons. The van der Waals surface area contributed by atoms with Crippen LogP contribution in [0.5, 0.6) is 0 Å². The van der Waals surface area contributed by atoms with Crippen LogP contribution < -0.4 is 11.3 Å². The summed E-state index contributed by atoms with van der Waals surface area (Å²) >= 11 is 5.88. The summed E-state index contributed by atoms with van der Waals surface area (Å²) in [6.45, 7) is 0.554. The topological polar surface area (TPSA) is 72.9 Å². The lowest BCUT2D eigenvalue weighted by Gasteiger charge is -2.01. The minimum Gasteiger partial charge on any atom is -0.290 e. The molecule has 6 heteroatoms. The van der Waals surface area contributed by atoms with Gasteiger partial charge in [0.25, 0.3) is 5.91 Å². The molecule has 0 aliphatic carbocycles. The number of benzene rings is 1. The lowest BCUT2D eigenvalue weighted by molar-refractivity contribution is 0.0953. The van der Waals surface area contributed by atoms with E-state index < -0.39 is 0 Å². The fourth-order valence-electron chi connectivity index (χ4n) is 1.47. The first-order valence-electron chi connectivity index (χ1n) is 4.97. The normalized spacial score (nSPS) is 10.2. The summed E-state index contributed by atoms with van der Waals surface area (Å²) in [4.78, 5) is 11.2. The second-order valence-corrected chi connectivity index (χ2v) is 3.97. The quantitative estimate of drug-likeness (QED) is 0.488. The van der Waals surface area contributed by atoms with Gasteiger partial charge in [0.2, 0.25) is 0 Å². The van der Waals surface area contributed by atoms with E-state index in [0.717, 1.165) is 5.56 Å². The van der Waals surface area contributed by atoms with Gasteiger partial charge >= 0.3 is 0 Å². The predicted molar refractivity (Wildman–Crippen MR) is 64.4 cm³/mol. The minimum atomic E-state index is -0.359. The van der Waals surface area contributed by atoms with Gasteiger partial charge in [0.05, 0.1) is 18.3 Å². The Hall–Kier alpha value is -1.85. The van der Waals surface area contributed by atoms with Crippen molar-refractivity contribution in [3.63, 3.8) is 0 Å². The van der Waals surface area contributed by atoms with Gasteiger partial charge in [-0.05, 0) is 17.7 Å². The van der Waals surface area contributed by atoms with Crippen LogP contribution in [-0.4, -0.2) is 15.7 Å². The molecule has 0 radical (unpaired) electrons. The first-order chi connectivity index (χ1) is 8.19. The molecule has 0 aliphatic heterocycles. The van der Waals surface area contributed by atoms with Crippen molar-refractivity contribution in [1.29, 1.82) is 0 Å². The number of rotatable bonds is 3. The van der Waals surface area contributed by atoms with E-state index >= 15 is 0 Å². The van der Waals surface area contributed by atoms with Crippen LogP contribution in [0.4, 0.5) is 0 Å². The van der Waals surface area contributed by atoms with E-state index in [2.05, 4.69) is 10.5 Å². The van der Waals surface area contributed by atoms with Crippen LogP contribution in [0.1, 0.15) is 15.9 Å². The predicted octanol–water partition coefficient (Wildman–Crippen LogP) is 1.19. The van der Waals surface area contributed by atoms with Gasteiger partial charge in [-0.1, -0.05) is 23.7 Å². The fraction of sp³-hybridized carbons (Fsp3) is 0.0909. The lowest BCUT2D eigenvalue weighted by atomic mass is 10.2. The molecule has 0 atom stereocenters. The third-order valence-corrected chi connectivity index (χ3v) is 2.50. The molecule has 3 N–H and O–H groups in total. The smallest absolute Gasteiger partial charge is 0.268 e. The summed E-state index contributed by atoms with van der Waals surface area (Å²) in [6.07, 6.45) is 3.09. The Bertz CT molecular complexity index is 538. The number of amides is 1. The molecule has 17 heavy (non-hydrogen) atoms. The summed E-state index contributed by atoms with van der Waals surface area (Å²) in [7, 11) is 0. The van der Waals surface area contributed by atoms with Crippen LogP contribution in [0.2, 0.25) is 5.02 Å². The Morgan fingerprint density at radius 1 is 1.53 bits per heavy atom. The van der Waals surface area contributed by atoms with E-state index in [0.29, 0.717) is 17.1 Å². The highest BCUT2D eigenvalue weighted by atomic mass is 35.5. The average Bonchev–Trinajstić information content (AvgIpc) is 2.76. The highest BCUT2D eigenvalue weighted by Crippen LogP contribution is 2.11. The monoisotopic (exact) mass is 250 g/mol. The van der Waals surface area contributed by atoms with Crippen molar-refractivity contribution in [3.05, 3.63) is 52.8 Å². The molecule has 0 saturated heterocycles. The number of nitrogens with zero attached hydrogens (tertiary/aromatic N) is 2. The van der Waals surface area contributed by atoms with Gasteiger partial charge in [0, 0.05) is 11.2 Å². The molecule has 0 spiro atoms. The van der Waals surface area contributed by atoms with Crippen LogP contribution >= 0.6 is 11.6 Å². The summed E-state index contributed by atoms with van der Waals surface area (Å²) in [5.41, 5.74) is 3.49. The van der Waals surface area contributed by atoms with Gasteiger partial charge in [-0.3, -0.25) is 14.9 Å². The molecule has 0 saturated carbocycles. The van der Waals surface area contributed by atoms with Crippen LogP contribution in [0.3, 0.4) is 0 Å². The zero-order valence-corrected chi connectivity index (χ0v) is 9.69. The largest absolute Gasteiger partial charge is 0.290 e. The van der Waals surface area contributed by atoms with Crippen LogP contribution in [-0.2, 0) is 6.54 Å². The first kappa shape index (κ1) is 11.6. The summed E-state index contributed by atoms with van der Waals surface area (Å²) in [5.74, 6) is 4.67. The number of nitrogens with two attached hydrogens (primary N) is 1. The summed E-state index contributed by atoms with van der Waals surface area (Å²) in [6, 6.07) is 7.47. The molecule has 0 fully saturated rings.